The number of rotatable bonds is 4. The Labute approximate surface area is 121 Å². The van der Waals surface area contributed by atoms with Gasteiger partial charge in [-0.15, -0.1) is 0 Å². The van der Waals surface area contributed by atoms with Gasteiger partial charge in [0.2, 0.25) is 5.91 Å². The summed E-state index contributed by atoms with van der Waals surface area (Å²) in [4.78, 5) is 11.9. The third-order valence-electron chi connectivity index (χ3n) is 3.71. The summed E-state index contributed by atoms with van der Waals surface area (Å²) in [7, 11) is 0. The zero-order chi connectivity index (χ0) is 15.5. The molecule has 2 unspecified atom stereocenters. The molecule has 116 valence electrons. The maximum Gasteiger partial charge on any atom is 0.416 e. The van der Waals surface area contributed by atoms with Crippen LogP contribution in [-0.2, 0) is 11.0 Å². The van der Waals surface area contributed by atoms with Gasteiger partial charge in [-0.2, -0.15) is 13.2 Å². The first-order valence-corrected chi connectivity index (χ1v) is 7.06. The van der Waals surface area contributed by atoms with Crippen molar-refractivity contribution < 1.29 is 18.0 Å². The quantitative estimate of drug-likeness (QED) is 0.897. The van der Waals surface area contributed by atoms with E-state index in [1.807, 2.05) is 0 Å². The predicted molar refractivity (Wildman–Crippen MR) is 73.6 cm³/mol. The van der Waals surface area contributed by atoms with Crippen LogP contribution in [0.5, 0.6) is 0 Å². The van der Waals surface area contributed by atoms with Gasteiger partial charge < -0.3 is 10.6 Å². The molecule has 2 atom stereocenters. The molecule has 1 amide bonds. The zero-order valence-corrected chi connectivity index (χ0v) is 11.8. The molecule has 1 aliphatic heterocycles. The number of halogens is 3. The largest absolute Gasteiger partial charge is 0.416 e. The van der Waals surface area contributed by atoms with E-state index in [1.54, 1.807) is 6.92 Å². The maximum absolute atomic E-state index is 12.5. The van der Waals surface area contributed by atoms with Crippen LogP contribution >= 0.6 is 0 Å². The van der Waals surface area contributed by atoms with Crippen molar-refractivity contribution in [3.05, 3.63) is 35.4 Å². The van der Waals surface area contributed by atoms with E-state index >= 15 is 0 Å². The van der Waals surface area contributed by atoms with Crippen LogP contribution in [0.3, 0.4) is 0 Å². The van der Waals surface area contributed by atoms with E-state index < -0.39 is 11.7 Å². The van der Waals surface area contributed by atoms with Gasteiger partial charge in [0, 0.05) is 12.5 Å². The Balaban J connectivity index is 1.90. The van der Waals surface area contributed by atoms with Gasteiger partial charge in [0.25, 0.3) is 0 Å². The van der Waals surface area contributed by atoms with Gasteiger partial charge in [-0.3, -0.25) is 4.79 Å². The van der Waals surface area contributed by atoms with Gasteiger partial charge in [-0.25, -0.2) is 0 Å². The van der Waals surface area contributed by atoms with Crippen LogP contribution in [0.4, 0.5) is 13.2 Å². The first kappa shape index (κ1) is 15.8. The fourth-order valence-electron chi connectivity index (χ4n) is 2.50. The highest BCUT2D eigenvalue weighted by Gasteiger charge is 2.30. The van der Waals surface area contributed by atoms with Crippen LogP contribution < -0.4 is 10.6 Å². The lowest BCUT2D eigenvalue weighted by atomic mass is 10.1. The first-order chi connectivity index (χ1) is 9.86. The van der Waals surface area contributed by atoms with Crippen LogP contribution in [0.25, 0.3) is 0 Å². The number of benzene rings is 1. The molecule has 0 radical (unpaired) electrons. The van der Waals surface area contributed by atoms with Gasteiger partial charge in [-0.05, 0) is 44.0 Å². The number of hydrogen-bond acceptors (Lipinski definition) is 2. The second-order valence-electron chi connectivity index (χ2n) is 5.41. The highest BCUT2D eigenvalue weighted by atomic mass is 19.4. The topological polar surface area (TPSA) is 41.1 Å². The highest BCUT2D eigenvalue weighted by molar-refractivity contribution is 5.77. The Bertz CT molecular complexity index is 479. The van der Waals surface area contributed by atoms with E-state index in [4.69, 9.17) is 0 Å². The molecule has 0 saturated carbocycles. The Morgan fingerprint density at radius 3 is 2.57 bits per heavy atom. The van der Waals surface area contributed by atoms with Crippen molar-refractivity contribution in [2.24, 2.45) is 0 Å². The molecule has 1 heterocycles. The molecule has 0 bridgehead atoms. The molecule has 1 saturated heterocycles. The van der Waals surface area contributed by atoms with E-state index in [2.05, 4.69) is 10.6 Å². The van der Waals surface area contributed by atoms with Crippen molar-refractivity contribution in [2.45, 2.75) is 44.4 Å². The highest BCUT2D eigenvalue weighted by Crippen LogP contribution is 2.29. The minimum Gasteiger partial charge on any atom is -0.350 e. The summed E-state index contributed by atoms with van der Waals surface area (Å²) in [5.41, 5.74) is -0.0179. The first-order valence-electron chi connectivity index (χ1n) is 7.06. The van der Waals surface area contributed by atoms with Gasteiger partial charge in [0.05, 0.1) is 11.6 Å². The Morgan fingerprint density at radius 1 is 1.38 bits per heavy atom. The molecular weight excluding hydrogens is 281 g/mol. The molecule has 2 N–H and O–H groups in total. The van der Waals surface area contributed by atoms with Crippen molar-refractivity contribution in [1.29, 1.82) is 0 Å². The van der Waals surface area contributed by atoms with E-state index in [-0.39, 0.29) is 18.0 Å². The Hall–Kier alpha value is -1.56. The molecule has 0 aromatic heterocycles. The summed E-state index contributed by atoms with van der Waals surface area (Å²) in [6, 6.07) is 4.79. The second kappa shape index (κ2) is 6.47. The molecule has 3 nitrogen and oxygen atoms in total. The molecule has 1 fully saturated rings. The van der Waals surface area contributed by atoms with Gasteiger partial charge in [0.15, 0.2) is 0 Å². The Kier molecular flexibility index (Phi) is 4.88. The van der Waals surface area contributed by atoms with Gasteiger partial charge in [-0.1, -0.05) is 12.1 Å². The normalized spacial score (nSPS) is 20.3. The maximum atomic E-state index is 12.5. The van der Waals surface area contributed by atoms with E-state index in [1.165, 1.54) is 12.1 Å². The number of carbonyl (C=O) groups excluding carboxylic acids is 1. The third kappa shape index (κ3) is 4.46. The molecule has 6 heteroatoms. The van der Waals surface area contributed by atoms with Crippen molar-refractivity contribution in [2.75, 3.05) is 6.54 Å². The molecule has 0 spiro atoms. The van der Waals surface area contributed by atoms with Crippen molar-refractivity contribution in [3.63, 3.8) is 0 Å². The fourth-order valence-corrected chi connectivity index (χ4v) is 2.50. The zero-order valence-electron chi connectivity index (χ0n) is 11.8. The fraction of sp³-hybridized carbons (Fsp3) is 0.533. The smallest absolute Gasteiger partial charge is 0.350 e. The summed E-state index contributed by atoms with van der Waals surface area (Å²) in [6.45, 7) is 2.70. The number of hydrogen-bond donors (Lipinski definition) is 2. The standard InChI is InChI=1S/C15H19F3N2O/c1-10(20-14(21)9-13-3-2-8-19-13)11-4-6-12(7-5-11)15(16,17)18/h4-7,10,13,19H,2-3,8-9H2,1H3,(H,20,21). The monoisotopic (exact) mass is 300 g/mol. The van der Waals surface area contributed by atoms with Crippen LogP contribution in [-0.4, -0.2) is 18.5 Å². The summed E-state index contributed by atoms with van der Waals surface area (Å²) in [5, 5.41) is 6.06. The molecule has 21 heavy (non-hydrogen) atoms. The lowest BCUT2D eigenvalue weighted by Gasteiger charge is -2.17. The Morgan fingerprint density at radius 2 is 2.05 bits per heavy atom. The van der Waals surface area contributed by atoms with Gasteiger partial charge >= 0.3 is 6.18 Å². The lowest BCUT2D eigenvalue weighted by Crippen LogP contribution is -2.33. The summed E-state index contributed by atoms with van der Waals surface area (Å²) in [5.74, 6) is -0.0817. The summed E-state index contributed by atoms with van der Waals surface area (Å²) in [6.07, 6.45) is -1.86. The summed E-state index contributed by atoms with van der Waals surface area (Å²) < 4.78 is 37.4. The number of carbonyl (C=O) groups is 1. The van der Waals surface area contributed by atoms with E-state index in [0.717, 1.165) is 31.5 Å². The van der Waals surface area contributed by atoms with Gasteiger partial charge in [0.1, 0.15) is 0 Å². The molecule has 1 aliphatic rings. The van der Waals surface area contributed by atoms with Crippen molar-refractivity contribution in [1.82, 2.24) is 10.6 Å². The third-order valence-corrected chi connectivity index (χ3v) is 3.71. The summed E-state index contributed by atoms with van der Waals surface area (Å²) >= 11 is 0. The minimum atomic E-state index is -4.33. The van der Waals surface area contributed by atoms with Crippen LogP contribution in [0.2, 0.25) is 0 Å². The second-order valence-corrected chi connectivity index (χ2v) is 5.41. The average Bonchev–Trinajstić information content (AvgIpc) is 2.90. The van der Waals surface area contributed by atoms with Crippen molar-refractivity contribution >= 4 is 5.91 Å². The van der Waals surface area contributed by atoms with Crippen LogP contribution in [0.1, 0.15) is 43.4 Å². The predicted octanol–water partition coefficient (Wildman–Crippen LogP) is 3.02. The van der Waals surface area contributed by atoms with Crippen LogP contribution in [0, 0.1) is 0 Å². The van der Waals surface area contributed by atoms with E-state index in [0.29, 0.717) is 12.0 Å². The lowest BCUT2D eigenvalue weighted by molar-refractivity contribution is -0.137. The minimum absolute atomic E-state index is 0.0817. The molecule has 0 aliphatic carbocycles. The molecule has 1 aromatic rings. The van der Waals surface area contributed by atoms with Crippen LogP contribution in [0.15, 0.2) is 24.3 Å². The molecule has 1 aromatic carbocycles. The number of nitrogens with one attached hydrogen (secondary N) is 2. The number of alkyl halides is 3. The molecule has 2 rings (SSSR count). The average molecular weight is 300 g/mol. The SMILES string of the molecule is CC(NC(=O)CC1CCCN1)c1ccc(C(F)(F)F)cc1. The van der Waals surface area contributed by atoms with Crippen molar-refractivity contribution in [3.8, 4) is 0 Å². The van der Waals surface area contributed by atoms with E-state index in [9.17, 15) is 18.0 Å². The number of amides is 1. The molecular formula is C15H19F3N2O.